The van der Waals surface area contributed by atoms with Crippen LogP contribution in [0.4, 0.5) is 0 Å². The molecule has 118 valence electrons. The fraction of sp³-hybridized carbons (Fsp3) is 0.706. The molecule has 1 amide bonds. The van der Waals surface area contributed by atoms with Gasteiger partial charge in [-0.3, -0.25) is 10.1 Å². The van der Waals surface area contributed by atoms with Crippen molar-refractivity contribution in [3.05, 3.63) is 22.4 Å². The molecular weight excluding hydrogens is 280 g/mol. The summed E-state index contributed by atoms with van der Waals surface area (Å²) in [5.74, 6) is 0.662. The third-order valence-corrected chi connectivity index (χ3v) is 5.54. The lowest BCUT2D eigenvalue weighted by atomic mass is 9.99. The second-order valence-corrected chi connectivity index (χ2v) is 7.16. The van der Waals surface area contributed by atoms with Crippen molar-refractivity contribution in [3.8, 4) is 0 Å². The Hall–Kier alpha value is -0.870. The largest absolute Gasteiger partial charge is 0.318 e. The van der Waals surface area contributed by atoms with Crippen molar-refractivity contribution in [3.63, 3.8) is 0 Å². The maximum atomic E-state index is 12.9. The lowest BCUT2D eigenvalue weighted by Gasteiger charge is -2.30. The topological polar surface area (TPSA) is 32.3 Å². The summed E-state index contributed by atoms with van der Waals surface area (Å²) in [5.41, 5.74) is 0. The Bertz CT molecular complexity index is 446. The van der Waals surface area contributed by atoms with E-state index >= 15 is 0 Å². The van der Waals surface area contributed by atoms with Gasteiger partial charge in [0.2, 0.25) is 5.91 Å². The summed E-state index contributed by atoms with van der Waals surface area (Å²) in [5, 5.41) is 5.68. The van der Waals surface area contributed by atoms with Crippen molar-refractivity contribution in [1.82, 2.24) is 10.2 Å². The van der Waals surface area contributed by atoms with Gasteiger partial charge in [-0.05, 0) is 30.7 Å². The second kappa shape index (κ2) is 7.41. The first-order chi connectivity index (χ1) is 10.1. The molecule has 1 aromatic heterocycles. The number of carbonyl (C=O) groups is 1. The molecular formula is C17H28N2OS. The van der Waals surface area contributed by atoms with Crippen LogP contribution in [0.1, 0.15) is 64.4 Å². The Labute approximate surface area is 132 Å². The molecule has 0 spiro atoms. The minimum atomic E-state index is -0.0359. The Morgan fingerprint density at radius 1 is 1.38 bits per heavy atom. The van der Waals surface area contributed by atoms with Crippen LogP contribution < -0.4 is 5.32 Å². The molecule has 4 atom stereocenters. The molecule has 1 N–H and O–H groups in total. The third-order valence-electron chi connectivity index (χ3n) is 4.61. The van der Waals surface area contributed by atoms with Crippen molar-refractivity contribution in [2.24, 2.45) is 5.92 Å². The van der Waals surface area contributed by atoms with E-state index in [-0.39, 0.29) is 18.1 Å². The Morgan fingerprint density at radius 2 is 2.14 bits per heavy atom. The van der Waals surface area contributed by atoms with Crippen LogP contribution in [-0.2, 0) is 4.79 Å². The van der Waals surface area contributed by atoms with Gasteiger partial charge in [-0.2, -0.15) is 0 Å². The van der Waals surface area contributed by atoms with Gasteiger partial charge in [0.25, 0.3) is 0 Å². The molecule has 0 aromatic carbocycles. The average Bonchev–Trinajstić information content (AvgIpc) is 3.11. The number of nitrogens with zero attached hydrogens (tertiary/aromatic N) is 1. The lowest BCUT2D eigenvalue weighted by Crippen LogP contribution is -2.39. The molecule has 2 heterocycles. The first-order valence-corrected chi connectivity index (χ1v) is 9.09. The molecule has 0 bridgehead atoms. The highest BCUT2D eigenvalue weighted by Gasteiger charge is 2.43. The molecule has 0 radical (unpaired) electrons. The predicted molar refractivity (Wildman–Crippen MR) is 89.3 cm³/mol. The Kier molecular flexibility index (Phi) is 5.82. The summed E-state index contributed by atoms with van der Waals surface area (Å²) >= 11 is 1.73. The van der Waals surface area contributed by atoms with Crippen LogP contribution >= 0.6 is 11.3 Å². The molecule has 0 aliphatic carbocycles. The molecule has 1 aromatic rings. The van der Waals surface area contributed by atoms with E-state index in [0.29, 0.717) is 12.0 Å². The number of nitrogens with one attached hydrogen (secondary N) is 1. The van der Waals surface area contributed by atoms with E-state index in [1.54, 1.807) is 11.3 Å². The van der Waals surface area contributed by atoms with E-state index in [1.807, 2.05) is 0 Å². The van der Waals surface area contributed by atoms with Gasteiger partial charge in [0.05, 0.1) is 6.04 Å². The minimum Gasteiger partial charge on any atom is -0.318 e. The normalized spacial score (nSPS) is 25.3. The van der Waals surface area contributed by atoms with Crippen LogP contribution in [-0.4, -0.2) is 22.9 Å². The number of carbonyl (C=O) groups excluding carboxylic acids is 1. The zero-order valence-electron chi connectivity index (χ0n) is 13.6. The quantitative estimate of drug-likeness (QED) is 0.820. The van der Waals surface area contributed by atoms with E-state index in [0.717, 1.165) is 12.8 Å². The van der Waals surface area contributed by atoms with Gasteiger partial charge >= 0.3 is 0 Å². The molecule has 2 rings (SSSR count). The molecule has 21 heavy (non-hydrogen) atoms. The summed E-state index contributed by atoms with van der Waals surface area (Å²) in [6.07, 6.45) is 4.52. The number of rotatable bonds is 7. The van der Waals surface area contributed by atoms with Gasteiger partial charge in [-0.25, -0.2) is 0 Å². The van der Waals surface area contributed by atoms with E-state index in [9.17, 15) is 4.79 Å². The van der Waals surface area contributed by atoms with Crippen LogP contribution in [0, 0.1) is 5.92 Å². The fourth-order valence-electron chi connectivity index (χ4n) is 3.03. The second-order valence-electron chi connectivity index (χ2n) is 6.18. The van der Waals surface area contributed by atoms with Gasteiger partial charge in [-0.1, -0.05) is 46.1 Å². The Morgan fingerprint density at radius 3 is 2.71 bits per heavy atom. The van der Waals surface area contributed by atoms with Gasteiger partial charge in [-0.15, -0.1) is 11.3 Å². The predicted octanol–water partition coefficient (Wildman–Crippen LogP) is 4.17. The highest BCUT2D eigenvalue weighted by molar-refractivity contribution is 7.10. The number of amides is 1. The van der Waals surface area contributed by atoms with Crippen LogP contribution in [0.2, 0.25) is 0 Å². The minimum absolute atomic E-state index is 0.0359. The maximum Gasteiger partial charge on any atom is 0.241 e. The lowest BCUT2D eigenvalue weighted by molar-refractivity contribution is -0.133. The number of unbranched alkanes of at least 4 members (excludes halogenated alkanes) is 1. The van der Waals surface area contributed by atoms with Gasteiger partial charge in [0.1, 0.15) is 6.17 Å². The Balaban J connectivity index is 2.21. The van der Waals surface area contributed by atoms with E-state index in [4.69, 9.17) is 0 Å². The third kappa shape index (κ3) is 3.49. The van der Waals surface area contributed by atoms with Crippen LogP contribution in [0.5, 0.6) is 0 Å². The molecule has 4 unspecified atom stereocenters. The highest BCUT2D eigenvalue weighted by atomic mass is 32.1. The molecule has 3 nitrogen and oxygen atoms in total. The van der Waals surface area contributed by atoms with Crippen LogP contribution in [0.25, 0.3) is 0 Å². The smallest absolute Gasteiger partial charge is 0.241 e. The molecule has 1 saturated heterocycles. The SMILES string of the molecule is CCCCC(C)N1C(=O)C(C(C)CC)NC1c1cccs1. The number of hydrogen-bond acceptors (Lipinski definition) is 3. The monoisotopic (exact) mass is 308 g/mol. The van der Waals surface area contributed by atoms with E-state index in [2.05, 4.69) is 55.4 Å². The van der Waals surface area contributed by atoms with Gasteiger partial charge < -0.3 is 4.90 Å². The summed E-state index contributed by atoms with van der Waals surface area (Å²) in [4.78, 5) is 16.2. The zero-order chi connectivity index (χ0) is 15.4. The summed E-state index contributed by atoms with van der Waals surface area (Å²) in [6, 6.07) is 4.46. The first-order valence-electron chi connectivity index (χ1n) is 8.21. The molecule has 0 saturated carbocycles. The number of hydrogen-bond donors (Lipinski definition) is 1. The van der Waals surface area contributed by atoms with Crippen molar-refractivity contribution in [2.75, 3.05) is 0 Å². The average molecular weight is 308 g/mol. The molecule has 4 heteroatoms. The van der Waals surface area contributed by atoms with E-state index in [1.165, 1.54) is 17.7 Å². The molecule has 1 aliphatic rings. The number of thiophene rings is 1. The summed E-state index contributed by atoms with van der Waals surface area (Å²) in [6.45, 7) is 8.72. The standard InChI is InChI=1S/C17H28N2OS/c1-5-7-9-13(4)19-16(14-10-8-11-21-14)18-15(17(19)20)12(3)6-2/h8,10-13,15-16,18H,5-7,9H2,1-4H3. The van der Waals surface area contributed by atoms with E-state index < -0.39 is 0 Å². The zero-order valence-corrected chi connectivity index (χ0v) is 14.5. The summed E-state index contributed by atoms with van der Waals surface area (Å²) < 4.78 is 0. The van der Waals surface area contributed by atoms with Crippen molar-refractivity contribution < 1.29 is 4.79 Å². The molecule has 1 fully saturated rings. The van der Waals surface area contributed by atoms with Gasteiger partial charge in [0, 0.05) is 10.9 Å². The summed E-state index contributed by atoms with van der Waals surface area (Å²) in [7, 11) is 0. The first kappa shape index (κ1) is 16.5. The fourth-order valence-corrected chi connectivity index (χ4v) is 3.81. The maximum absolute atomic E-state index is 12.9. The van der Waals surface area contributed by atoms with Crippen LogP contribution in [0.3, 0.4) is 0 Å². The molecule has 1 aliphatic heterocycles. The van der Waals surface area contributed by atoms with Gasteiger partial charge in [0.15, 0.2) is 0 Å². The highest BCUT2D eigenvalue weighted by Crippen LogP contribution is 2.34. The van der Waals surface area contributed by atoms with Crippen molar-refractivity contribution >= 4 is 17.2 Å². The van der Waals surface area contributed by atoms with Crippen LogP contribution in [0.15, 0.2) is 17.5 Å². The van der Waals surface area contributed by atoms with Crippen molar-refractivity contribution in [1.29, 1.82) is 0 Å². The van der Waals surface area contributed by atoms with Crippen molar-refractivity contribution in [2.45, 2.75) is 71.6 Å².